The topological polar surface area (TPSA) is 81.5 Å². The normalized spacial score (nSPS) is 23.0. The average molecular weight is 326 g/mol. The first-order chi connectivity index (χ1) is 11.6. The van der Waals surface area contributed by atoms with Gasteiger partial charge in [-0.15, -0.1) is 0 Å². The van der Waals surface area contributed by atoms with E-state index < -0.39 is 6.04 Å². The molecule has 1 heterocycles. The Morgan fingerprint density at radius 1 is 1.17 bits per heavy atom. The minimum Gasteiger partial charge on any atom is -0.468 e. The van der Waals surface area contributed by atoms with Crippen LogP contribution in [0, 0.1) is 10.1 Å². The number of methoxy groups -OCH3 is 1. The molecule has 6 nitrogen and oxygen atoms in total. The van der Waals surface area contributed by atoms with Crippen LogP contribution in [-0.4, -0.2) is 24.0 Å². The molecule has 1 fully saturated rings. The lowest BCUT2D eigenvalue weighted by molar-refractivity contribution is -0.385. The molecule has 2 aromatic rings. The number of nitro groups is 1. The minimum atomic E-state index is -0.481. The number of carbonyl (C=O) groups is 1. The Labute approximate surface area is 139 Å². The first-order valence-corrected chi connectivity index (χ1v) is 7.74. The standard InChI is InChI=1S/C18H18N2O4/c1-24-18(21)15-11-14(13-9-5-6-10-16(13)20(22)23)17(19-15)12-7-3-2-4-8-12/h2-10,14-15,17,19H,11H2,1H3/t14-,15-,17-/m1/s1. The van der Waals surface area contributed by atoms with Crippen LogP contribution in [0.25, 0.3) is 0 Å². The molecule has 124 valence electrons. The summed E-state index contributed by atoms with van der Waals surface area (Å²) < 4.78 is 4.84. The van der Waals surface area contributed by atoms with Gasteiger partial charge >= 0.3 is 5.97 Å². The van der Waals surface area contributed by atoms with E-state index >= 15 is 0 Å². The van der Waals surface area contributed by atoms with Gasteiger partial charge in [0.05, 0.1) is 12.0 Å². The second-order valence-corrected chi connectivity index (χ2v) is 5.79. The number of rotatable bonds is 4. The molecular formula is C18H18N2O4. The highest BCUT2D eigenvalue weighted by Gasteiger charge is 2.41. The Bertz CT molecular complexity index is 748. The molecule has 0 saturated carbocycles. The van der Waals surface area contributed by atoms with Gasteiger partial charge in [-0.1, -0.05) is 48.5 Å². The van der Waals surface area contributed by atoms with Crippen molar-refractivity contribution in [1.29, 1.82) is 0 Å². The molecule has 0 spiro atoms. The van der Waals surface area contributed by atoms with Crippen LogP contribution < -0.4 is 5.32 Å². The van der Waals surface area contributed by atoms with Crippen molar-refractivity contribution in [1.82, 2.24) is 5.32 Å². The van der Waals surface area contributed by atoms with Crippen LogP contribution in [0.3, 0.4) is 0 Å². The van der Waals surface area contributed by atoms with E-state index in [-0.39, 0.29) is 28.5 Å². The molecule has 1 N–H and O–H groups in total. The molecule has 1 aliphatic heterocycles. The summed E-state index contributed by atoms with van der Waals surface area (Å²) in [4.78, 5) is 23.0. The number of esters is 1. The fourth-order valence-corrected chi connectivity index (χ4v) is 3.36. The highest BCUT2D eigenvalue weighted by atomic mass is 16.6. The van der Waals surface area contributed by atoms with Crippen LogP contribution in [0.15, 0.2) is 54.6 Å². The number of nitrogens with zero attached hydrogens (tertiary/aromatic N) is 1. The first kappa shape index (κ1) is 16.1. The third-order valence-corrected chi connectivity index (χ3v) is 4.45. The van der Waals surface area contributed by atoms with Gasteiger partial charge in [-0.3, -0.25) is 20.2 Å². The van der Waals surface area contributed by atoms with Gasteiger partial charge in [-0.25, -0.2) is 0 Å². The van der Waals surface area contributed by atoms with Crippen LogP contribution in [-0.2, 0) is 9.53 Å². The number of carbonyl (C=O) groups excluding carboxylic acids is 1. The lowest BCUT2D eigenvalue weighted by Gasteiger charge is -2.20. The van der Waals surface area contributed by atoms with E-state index in [1.165, 1.54) is 13.2 Å². The molecule has 1 aliphatic rings. The largest absolute Gasteiger partial charge is 0.468 e. The summed E-state index contributed by atoms with van der Waals surface area (Å²) in [7, 11) is 1.35. The number of nitrogens with one attached hydrogen (secondary N) is 1. The van der Waals surface area contributed by atoms with E-state index in [9.17, 15) is 14.9 Å². The maximum absolute atomic E-state index is 12.0. The van der Waals surface area contributed by atoms with Crippen molar-refractivity contribution < 1.29 is 14.5 Å². The van der Waals surface area contributed by atoms with E-state index in [2.05, 4.69) is 5.32 Å². The van der Waals surface area contributed by atoms with Crippen LogP contribution in [0.1, 0.15) is 29.5 Å². The quantitative estimate of drug-likeness (QED) is 0.531. The smallest absolute Gasteiger partial charge is 0.322 e. The molecule has 0 aliphatic carbocycles. The molecule has 0 bridgehead atoms. The summed E-state index contributed by atoms with van der Waals surface area (Å²) in [5.41, 5.74) is 1.71. The van der Waals surface area contributed by atoms with Crippen LogP contribution in [0.4, 0.5) is 5.69 Å². The Kier molecular flexibility index (Phi) is 4.57. The number of nitro benzene ring substituents is 1. The first-order valence-electron chi connectivity index (χ1n) is 7.74. The third-order valence-electron chi connectivity index (χ3n) is 4.45. The predicted molar refractivity (Wildman–Crippen MR) is 88.6 cm³/mol. The monoisotopic (exact) mass is 326 g/mol. The maximum atomic E-state index is 12.0. The molecule has 3 rings (SSSR count). The van der Waals surface area contributed by atoms with Gasteiger partial charge < -0.3 is 4.74 Å². The Balaban J connectivity index is 2.03. The molecule has 3 atom stereocenters. The molecule has 0 amide bonds. The number of para-hydroxylation sites is 1. The average Bonchev–Trinajstić information content (AvgIpc) is 3.07. The van der Waals surface area contributed by atoms with Gasteiger partial charge in [0.25, 0.3) is 5.69 Å². The van der Waals surface area contributed by atoms with Crippen LogP contribution >= 0.6 is 0 Å². The van der Waals surface area contributed by atoms with Crippen molar-refractivity contribution in [2.45, 2.75) is 24.4 Å². The summed E-state index contributed by atoms with van der Waals surface area (Å²) in [5, 5.41) is 14.7. The molecule has 0 aromatic heterocycles. The van der Waals surface area contributed by atoms with Gasteiger partial charge in [-0.05, 0) is 12.0 Å². The molecule has 0 unspecified atom stereocenters. The molecule has 6 heteroatoms. The van der Waals surface area contributed by atoms with Crippen LogP contribution in [0.5, 0.6) is 0 Å². The third kappa shape index (κ3) is 3.00. The van der Waals surface area contributed by atoms with Crippen molar-refractivity contribution >= 4 is 11.7 Å². The fourth-order valence-electron chi connectivity index (χ4n) is 3.36. The van der Waals surface area contributed by atoms with E-state index in [0.717, 1.165) is 5.56 Å². The predicted octanol–water partition coefficient (Wildman–Crippen LogP) is 2.95. The number of benzene rings is 2. The minimum absolute atomic E-state index is 0.0794. The lowest BCUT2D eigenvalue weighted by Crippen LogP contribution is -2.33. The number of hydrogen-bond donors (Lipinski definition) is 1. The summed E-state index contributed by atoms with van der Waals surface area (Å²) in [6.07, 6.45) is 0.455. The number of ether oxygens (including phenoxy) is 1. The van der Waals surface area contributed by atoms with E-state index in [4.69, 9.17) is 4.74 Å². The van der Waals surface area contributed by atoms with Crippen LogP contribution in [0.2, 0.25) is 0 Å². The van der Waals surface area contributed by atoms with Gasteiger partial charge in [0.2, 0.25) is 0 Å². The molecule has 24 heavy (non-hydrogen) atoms. The van der Waals surface area contributed by atoms with Gasteiger partial charge in [-0.2, -0.15) is 0 Å². The zero-order chi connectivity index (χ0) is 17.1. The Morgan fingerprint density at radius 3 is 2.50 bits per heavy atom. The highest BCUT2D eigenvalue weighted by Crippen LogP contribution is 2.43. The fraction of sp³-hybridized carbons (Fsp3) is 0.278. The summed E-state index contributed by atoms with van der Waals surface area (Å²) in [6, 6.07) is 15.7. The van der Waals surface area contributed by atoms with Gasteiger partial charge in [0.1, 0.15) is 6.04 Å². The van der Waals surface area contributed by atoms with Crippen molar-refractivity contribution in [2.24, 2.45) is 0 Å². The van der Waals surface area contributed by atoms with Crippen molar-refractivity contribution in [3.05, 3.63) is 75.8 Å². The SMILES string of the molecule is COC(=O)[C@H]1C[C@H](c2ccccc2[N+](=O)[O-])[C@@H](c2ccccc2)N1. The van der Waals surface area contributed by atoms with E-state index in [1.54, 1.807) is 18.2 Å². The molecular weight excluding hydrogens is 308 g/mol. The molecule has 2 aromatic carbocycles. The van der Waals surface area contributed by atoms with E-state index in [0.29, 0.717) is 12.0 Å². The second kappa shape index (κ2) is 6.80. The summed E-state index contributed by atoms with van der Waals surface area (Å²) in [6.45, 7) is 0. The summed E-state index contributed by atoms with van der Waals surface area (Å²) >= 11 is 0. The zero-order valence-electron chi connectivity index (χ0n) is 13.2. The summed E-state index contributed by atoms with van der Waals surface area (Å²) in [5.74, 6) is -0.532. The van der Waals surface area contributed by atoms with Crippen molar-refractivity contribution in [3.63, 3.8) is 0 Å². The van der Waals surface area contributed by atoms with Crippen molar-refractivity contribution in [3.8, 4) is 0 Å². The highest BCUT2D eigenvalue weighted by molar-refractivity contribution is 5.76. The van der Waals surface area contributed by atoms with Gasteiger partial charge in [0.15, 0.2) is 0 Å². The van der Waals surface area contributed by atoms with E-state index in [1.807, 2.05) is 30.3 Å². The van der Waals surface area contributed by atoms with Crippen molar-refractivity contribution in [2.75, 3.05) is 7.11 Å². The maximum Gasteiger partial charge on any atom is 0.322 e. The lowest BCUT2D eigenvalue weighted by atomic mass is 9.86. The zero-order valence-corrected chi connectivity index (χ0v) is 13.2. The Hall–Kier alpha value is -2.73. The molecule has 0 radical (unpaired) electrons. The Morgan fingerprint density at radius 2 is 1.83 bits per heavy atom. The number of hydrogen-bond acceptors (Lipinski definition) is 5. The van der Waals surface area contributed by atoms with Gasteiger partial charge in [0, 0.05) is 23.6 Å². The molecule has 1 saturated heterocycles. The second-order valence-electron chi connectivity index (χ2n) is 5.79.